The molecule has 0 fully saturated rings. The number of halogens is 1. The minimum absolute atomic E-state index is 0.270. The van der Waals surface area contributed by atoms with Gasteiger partial charge in [0.2, 0.25) is 0 Å². The van der Waals surface area contributed by atoms with Gasteiger partial charge in [0.25, 0.3) is 11.8 Å². The number of anilines is 2. The van der Waals surface area contributed by atoms with Gasteiger partial charge in [0.1, 0.15) is 14.7 Å². The van der Waals surface area contributed by atoms with Crippen molar-refractivity contribution >= 4 is 71.3 Å². The van der Waals surface area contributed by atoms with Crippen LogP contribution in [0.3, 0.4) is 0 Å². The van der Waals surface area contributed by atoms with Crippen molar-refractivity contribution in [3.63, 3.8) is 0 Å². The molecular weight excluding hydrogens is 496 g/mol. The lowest BCUT2D eigenvalue weighted by Crippen LogP contribution is -2.17. The first-order chi connectivity index (χ1) is 14.8. The second-order valence-corrected chi connectivity index (χ2v) is 10.1. The summed E-state index contributed by atoms with van der Waals surface area (Å²) in [5.74, 6) is -0.730. The Balaban J connectivity index is 1.70. The van der Waals surface area contributed by atoms with Crippen LogP contribution in [0.4, 0.5) is 10.7 Å². The summed E-state index contributed by atoms with van der Waals surface area (Å²) in [5.41, 5.74) is 15.0. The van der Waals surface area contributed by atoms with Crippen LogP contribution in [0.1, 0.15) is 45.5 Å². The topological polar surface area (TPSA) is 111 Å². The molecule has 0 atom stereocenters. The highest BCUT2D eigenvalue weighted by Crippen LogP contribution is 2.38. The van der Waals surface area contributed by atoms with Crippen LogP contribution in [-0.4, -0.2) is 16.8 Å². The fourth-order valence-electron chi connectivity index (χ4n) is 3.20. The molecule has 0 unspecified atom stereocenters. The fourth-order valence-corrected chi connectivity index (χ4v) is 5.43. The highest BCUT2D eigenvalue weighted by Gasteiger charge is 2.23. The number of pyridine rings is 1. The van der Waals surface area contributed by atoms with Crippen molar-refractivity contribution in [2.75, 3.05) is 11.1 Å². The van der Waals surface area contributed by atoms with Gasteiger partial charge in [-0.15, -0.1) is 22.7 Å². The normalized spacial score (nSPS) is 11.2. The van der Waals surface area contributed by atoms with Gasteiger partial charge in [-0.05, 0) is 35.7 Å². The number of carbonyl (C=O) groups is 2. The van der Waals surface area contributed by atoms with Crippen molar-refractivity contribution in [3.8, 4) is 11.1 Å². The summed E-state index contributed by atoms with van der Waals surface area (Å²) in [6.07, 6.45) is 0. The third-order valence-electron chi connectivity index (χ3n) is 4.83. The number of hydrogen-bond acceptors (Lipinski definition) is 6. The maximum Gasteiger partial charge on any atom is 0.268 e. The Bertz CT molecular complexity index is 1310. The first-order valence-corrected chi connectivity index (χ1v) is 11.9. The molecule has 6 nitrogen and oxygen atoms in total. The van der Waals surface area contributed by atoms with Gasteiger partial charge < -0.3 is 16.8 Å². The Morgan fingerprint density at radius 2 is 1.84 bits per heavy atom. The third kappa shape index (κ3) is 4.08. The van der Waals surface area contributed by atoms with Crippen LogP contribution in [0.25, 0.3) is 21.3 Å². The molecule has 158 valence electrons. The summed E-state index contributed by atoms with van der Waals surface area (Å²) in [4.78, 5) is 30.9. The highest BCUT2D eigenvalue weighted by molar-refractivity contribution is 9.10. The largest absolute Gasteiger partial charge is 0.397 e. The average Bonchev–Trinajstić information content (AvgIpc) is 3.29. The van der Waals surface area contributed by atoms with Crippen LogP contribution < -0.4 is 16.8 Å². The predicted molar refractivity (Wildman–Crippen MR) is 132 cm³/mol. The van der Waals surface area contributed by atoms with E-state index in [2.05, 4.69) is 40.1 Å². The van der Waals surface area contributed by atoms with E-state index >= 15 is 0 Å². The van der Waals surface area contributed by atoms with E-state index in [1.165, 1.54) is 22.7 Å². The molecule has 5 N–H and O–H groups in total. The lowest BCUT2D eigenvalue weighted by atomic mass is 10.0. The zero-order valence-electron chi connectivity index (χ0n) is 16.7. The zero-order valence-corrected chi connectivity index (χ0v) is 20.0. The van der Waals surface area contributed by atoms with Crippen LogP contribution in [0.5, 0.6) is 0 Å². The molecule has 0 saturated heterocycles. The molecule has 4 rings (SSSR count). The molecule has 3 heterocycles. The minimum Gasteiger partial charge on any atom is -0.397 e. The maximum absolute atomic E-state index is 13.0. The summed E-state index contributed by atoms with van der Waals surface area (Å²) in [5, 5.41) is 5.77. The van der Waals surface area contributed by atoms with Crippen LogP contribution in [0, 0.1) is 0 Å². The van der Waals surface area contributed by atoms with Crippen molar-refractivity contribution in [2.24, 2.45) is 5.73 Å². The van der Waals surface area contributed by atoms with E-state index in [1.54, 1.807) is 0 Å². The summed E-state index contributed by atoms with van der Waals surface area (Å²) >= 11 is 5.89. The number of rotatable bonds is 5. The van der Waals surface area contributed by atoms with Gasteiger partial charge in [-0.2, -0.15) is 0 Å². The molecule has 0 saturated carbocycles. The number of fused-ring (bicyclic) bond motifs is 1. The summed E-state index contributed by atoms with van der Waals surface area (Å²) in [6, 6.07) is 11.3. The zero-order chi connectivity index (χ0) is 22.3. The number of primary amides is 1. The molecule has 9 heteroatoms. The Morgan fingerprint density at radius 1 is 1.13 bits per heavy atom. The van der Waals surface area contributed by atoms with Crippen LogP contribution in [0.2, 0.25) is 0 Å². The van der Waals surface area contributed by atoms with Gasteiger partial charge >= 0.3 is 0 Å². The highest BCUT2D eigenvalue weighted by atomic mass is 79.9. The van der Waals surface area contributed by atoms with Crippen molar-refractivity contribution in [3.05, 3.63) is 62.4 Å². The number of thiophene rings is 2. The van der Waals surface area contributed by atoms with Gasteiger partial charge in [0.05, 0.1) is 11.3 Å². The van der Waals surface area contributed by atoms with Gasteiger partial charge in [0.15, 0.2) is 0 Å². The number of nitrogens with zero attached hydrogens (tertiary/aromatic N) is 1. The summed E-state index contributed by atoms with van der Waals surface area (Å²) in [7, 11) is 0. The number of nitrogens with two attached hydrogens (primary N) is 2. The lowest BCUT2D eigenvalue weighted by Gasteiger charge is -2.06. The first kappa shape index (κ1) is 21.5. The van der Waals surface area contributed by atoms with Gasteiger partial charge in [-0.1, -0.05) is 41.9 Å². The maximum atomic E-state index is 13.0. The second-order valence-electron chi connectivity index (χ2n) is 7.27. The molecule has 31 heavy (non-hydrogen) atoms. The van der Waals surface area contributed by atoms with Crippen LogP contribution >= 0.6 is 38.6 Å². The van der Waals surface area contributed by atoms with E-state index in [-0.39, 0.29) is 11.5 Å². The number of carbonyl (C=O) groups excluding carboxylic acids is 2. The van der Waals surface area contributed by atoms with Crippen LogP contribution in [0.15, 0.2) is 46.3 Å². The molecule has 0 spiro atoms. The Morgan fingerprint density at radius 3 is 2.48 bits per heavy atom. The molecule has 0 aliphatic heterocycles. The molecule has 3 aromatic heterocycles. The molecule has 1 aromatic carbocycles. The van der Waals surface area contributed by atoms with E-state index in [1.807, 2.05) is 41.8 Å². The Hall–Kier alpha value is -2.75. The van der Waals surface area contributed by atoms with Crippen molar-refractivity contribution in [1.29, 1.82) is 0 Å². The number of nitrogens with one attached hydrogen (secondary N) is 1. The lowest BCUT2D eigenvalue weighted by molar-refractivity contribution is 0.100. The molecular formula is C22H19BrN4O2S2. The molecule has 0 aliphatic rings. The van der Waals surface area contributed by atoms with Gasteiger partial charge in [-0.25, -0.2) is 4.98 Å². The predicted octanol–water partition coefficient (Wildman–Crippen LogP) is 5.84. The van der Waals surface area contributed by atoms with E-state index < -0.39 is 11.8 Å². The van der Waals surface area contributed by atoms with Crippen LogP contribution in [-0.2, 0) is 0 Å². The molecule has 0 aliphatic carbocycles. The Labute approximate surface area is 195 Å². The smallest absolute Gasteiger partial charge is 0.268 e. The summed E-state index contributed by atoms with van der Waals surface area (Å²) in [6.45, 7) is 4.12. The Kier molecular flexibility index (Phi) is 5.83. The molecule has 0 radical (unpaired) electrons. The van der Waals surface area contributed by atoms with Crippen molar-refractivity contribution in [1.82, 2.24) is 4.98 Å². The van der Waals surface area contributed by atoms with E-state index in [0.29, 0.717) is 26.0 Å². The standard InChI is InChI=1S/C22H19BrN4O2S2/c1-10(2)15-8-7-13-17(24)18(31-21(13)26-15)20(29)27-22-16(19(25)28)14(9-30-22)11-3-5-12(23)6-4-11/h3-10H,24H2,1-2H3,(H2,25,28)(H,27,29). The monoisotopic (exact) mass is 514 g/mol. The number of hydrogen-bond donors (Lipinski definition) is 3. The molecule has 0 bridgehead atoms. The van der Waals surface area contributed by atoms with Gasteiger partial charge in [0, 0.05) is 26.5 Å². The number of aromatic nitrogens is 1. The number of benzene rings is 1. The number of amides is 2. The van der Waals surface area contributed by atoms with E-state index in [0.717, 1.165) is 21.1 Å². The van der Waals surface area contributed by atoms with E-state index in [9.17, 15) is 9.59 Å². The fraction of sp³-hybridized carbons (Fsp3) is 0.136. The number of nitrogen functional groups attached to an aromatic ring is 1. The average molecular weight is 515 g/mol. The first-order valence-electron chi connectivity index (χ1n) is 9.43. The molecule has 4 aromatic rings. The molecule has 2 amide bonds. The summed E-state index contributed by atoms with van der Waals surface area (Å²) < 4.78 is 0.926. The quantitative estimate of drug-likeness (QED) is 0.310. The third-order valence-corrected chi connectivity index (χ3v) is 7.37. The minimum atomic E-state index is -0.609. The van der Waals surface area contributed by atoms with Gasteiger partial charge in [-0.3, -0.25) is 9.59 Å². The van der Waals surface area contributed by atoms with E-state index in [4.69, 9.17) is 11.5 Å². The van der Waals surface area contributed by atoms with Crippen molar-refractivity contribution < 1.29 is 9.59 Å². The SMILES string of the molecule is CC(C)c1ccc2c(N)c(C(=O)Nc3scc(-c4ccc(Br)cc4)c3C(N)=O)sc2n1. The van der Waals surface area contributed by atoms with Crippen molar-refractivity contribution in [2.45, 2.75) is 19.8 Å². The second kappa shape index (κ2) is 8.41.